The molecule has 2 heterocycles. The maximum absolute atomic E-state index is 12.3. The fourth-order valence-electron chi connectivity index (χ4n) is 2.90. The van der Waals surface area contributed by atoms with Gasteiger partial charge in [0, 0.05) is 44.5 Å². The number of likely N-dealkylation sites (N-methyl/N-ethyl adjacent to an activating group) is 1. The Labute approximate surface area is 146 Å². The number of aromatic nitrogens is 1. The van der Waals surface area contributed by atoms with E-state index in [1.807, 2.05) is 12.1 Å². The van der Waals surface area contributed by atoms with Crippen LogP contribution in [0.4, 0.5) is 5.82 Å². The lowest BCUT2D eigenvalue weighted by Crippen LogP contribution is -2.45. The van der Waals surface area contributed by atoms with Crippen LogP contribution in [-0.2, 0) is 6.54 Å². The van der Waals surface area contributed by atoms with Gasteiger partial charge in [0.25, 0.3) is 5.91 Å². The molecular weight excluding hydrogens is 320 g/mol. The predicted molar refractivity (Wildman–Crippen MR) is 94.9 cm³/mol. The molecule has 1 fully saturated rings. The van der Waals surface area contributed by atoms with Crippen LogP contribution in [0.15, 0.2) is 36.5 Å². The summed E-state index contributed by atoms with van der Waals surface area (Å²) < 4.78 is 0. The first-order valence-electron chi connectivity index (χ1n) is 8.23. The zero-order chi connectivity index (χ0) is 17.8. The minimum Gasteiger partial charge on any atom is -0.507 e. The number of hydrogen-bond donors (Lipinski definition) is 3. The minimum absolute atomic E-state index is 0.118. The second-order valence-electron chi connectivity index (χ2n) is 6.13. The summed E-state index contributed by atoms with van der Waals surface area (Å²) in [6.45, 7) is 3.97. The van der Waals surface area contributed by atoms with Crippen LogP contribution in [0.1, 0.15) is 15.9 Å². The fourth-order valence-corrected chi connectivity index (χ4v) is 2.90. The Morgan fingerprint density at radius 2 is 1.80 bits per heavy atom. The van der Waals surface area contributed by atoms with Crippen LogP contribution in [0.2, 0.25) is 0 Å². The Balaban J connectivity index is 1.72. The largest absolute Gasteiger partial charge is 0.507 e. The number of phenols is 2. The lowest BCUT2D eigenvalue weighted by atomic mass is 10.1. The third kappa shape index (κ3) is 3.83. The summed E-state index contributed by atoms with van der Waals surface area (Å²) in [4.78, 5) is 21.3. The number of aromatic hydroxyl groups is 2. The maximum Gasteiger partial charge on any atom is 0.259 e. The highest BCUT2D eigenvalue weighted by molar-refractivity contribution is 5.99. The molecule has 1 aromatic carbocycles. The average molecular weight is 342 g/mol. The van der Waals surface area contributed by atoms with Crippen molar-refractivity contribution in [3.05, 3.63) is 47.7 Å². The minimum atomic E-state index is -0.524. The van der Waals surface area contributed by atoms with Crippen molar-refractivity contribution in [2.75, 3.05) is 38.1 Å². The zero-order valence-corrected chi connectivity index (χ0v) is 14.1. The second kappa shape index (κ2) is 7.40. The number of carbonyl (C=O) groups is 1. The van der Waals surface area contributed by atoms with Crippen molar-refractivity contribution in [1.82, 2.24) is 15.2 Å². The SMILES string of the molecule is CN1CCN(c2ncccc2CNC(=O)c2c(O)cccc2O)CC1. The summed E-state index contributed by atoms with van der Waals surface area (Å²) >= 11 is 0. The van der Waals surface area contributed by atoms with Crippen LogP contribution < -0.4 is 10.2 Å². The third-order valence-corrected chi connectivity index (χ3v) is 4.36. The first-order chi connectivity index (χ1) is 12.1. The Kier molecular flexibility index (Phi) is 5.04. The number of rotatable bonds is 4. The van der Waals surface area contributed by atoms with Crippen LogP contribution in [0.25, 0.3) is 0 Å². The molecule has 0 spiro atoms. The topological polar surface area (TPSA) is 88.9 Å². The van der Waals surface area contributed by atoms with Gasteiger partial charge in [-0.05, 0) is 25.2 Å². The van der Waals surface area contributed by atoms with Crippen LogP contribution in [0, 0.1) is 0 Å². The van der Waals surface area contributed by atoms with Gasteiger partial charge in [-0.15, -0.1) is 0 Å². The lowest BCUT2D eigenvalue weighted by molar-refractivity contribution is 0.0945. The Bertz CT molecular complexity index is 737. The summed E-state index contributed by atoms with van der Waals surface area (Å²) in [6.07, 6.45) is 1.74. The van der Waals surface area contributed by atoms with Crippen LogP contribution in [-0.4, -0.2) is 59.2 Å². The molecule has 25 heavy (non-hydrogen) atoms. The first-order valence-corrected chi connectivity index (χ1v) is 8.23. The van der Waals surface area contributed by atoms with E-state index in [-0.39, 0.29) is 23.6 Å². The summed E-state index contributed by atoms with van der Waals surface area (Å²) in [6, 6.07) is 7.97. The van der Waals surface area contributed by atoms with Gasteiger partial charge < -0.3 is 25.3 Å². The van der Waals surface area contributed by atoms with Crippen molar-refractivity contribution in [1.29, 1.82) is 0 Å². The van der Waals surface area contributed by atoms with Gasteiger partial charge in [0.1, 0.15) is 22.9 Å². The highest BCUT2D eigenvalue weighted by Gasteiger charge is 2.20. The molecule has 1 saturated heterocycles. The van der Waals surface area contributed by atoms with Crippen molar-refractivity contribution in [2.24, 2.45) is 0 Å². The highest BCUT2D eigenvalue weighted by Crippen LogP contribution is 2.26. The number of pyridine rings is 1. The fraction of sp³-hybridized carbons (Fsp3) is 0.333. The number of nitrogens with one attached hydrogen (secondary N) is 1. The molecule has 1 aliphatic heterocycles. The summed E-state index contributed by atoms with van der Waals surface area (Å²) in [7, 11) is 2.09. The quantitative estimate of drug-likeness (QED) is 0.773. The van der Waals surface area contributed by atoms with E-state index in [1.54, 1.807) is 6.20 Å². The maximum atomic E-state index is 12.3. The Hall–Kier alpha value is -2.80. The Morgan fingerprint density at radius 1 is 1.12 bits per heavy atom. The van der Waals surface area contributed by atoms with E-state index in [4.69, 9.17) is 0 Å². The molecule has 0 unspecified atom stereocenters. The number of amides is 1. The molecule has 0 bridgehead atoms. The van der Waals surface area contributed by atoms with E-state index in [0.29, 0.717) is 0 Å². The van der Waals surface area contributed by atoms with E-state index < -0.39 is 5.91 Å². The number of nitrogens with zero attached hydrogens (tertiary/aromatic N) is 3. The molecule has 132 valence electrons. The second-order valence-corrected chi connectivity index (χ2v) is 6.13. The van der Waals surface area contributed by atoms with Gasteiger partial charge in [-0.3, -0.25) is 4.79 Å². The van der Waals surface area contributed by atoms with Gasteiger partial charge in [-0.25, -0.2) is 4.98 Å². The summed E-state index contributed by atoms with van der Waals surface area (Å²) in [5.74, 6) is -0.160. The standard InChI is InChI=1S/C18H22N4O3/c1-21-8-10-22(11-9-21)17-13(4-3-7-19-17)12-20-18(25)16-14(23)5-2-6-15(16)24/h2-7,23-24H,8-12H2,1H3,(H,20,25). The number of hydrogen-bond acceptors (Lipinski definition) is 6. The third-order valence-electron chi connectivity index (χ3n) is 4.36. The summed E-state index contributed by atoms with van der Waals surface area (Å²) in [5.41, 5.74) is 0.780. The van der Waals surface area contributed by atoms with Crippen LogP contribution in [0.3, 0.4) is 0 Å². The van der Waals surface area contributed by atoms with Gasteiger partial charge in [0.15, 0.2) is 0 Å². The molecule has 0 aliphatic carbocycles. The molecule has 1 aromatic heterocycles. The lowest BCUT2D eigenvalue weighted by Gasteiger charge is -2.34. The molecule has 0 radical (unpaired) electrons. The number of benzene rings is 1. The zero-order valence-electron chi connectivity index (χ0n) is 14.1. The van der Waals surface area contributed by atoms with Gasteiger partial charge in [-0.2, -0.15) is 0 Å². The first kappa shape index (κ1) is 17.0. The summed E-state index contributed by atoms with van der Waals surface area (Å²) in [5, 5.41) is 22.3. The van der Waals surface area contributed by atoms with Crippen molar-refractivity contribution in [3.63, 3.8) is 0 Å². The number of carbonyl (C=O) groups excluding carboxylic acids is 1. The molecule has 3 rings (SSSR count). The molecule has 7 heteroatoms. The Morgan fingerprint density at radius 3 is 2.48 bits per heavy atom. The number of piperazine rings is 1. The highest BCUT2D eigenvalue weighted by atomic mass is 16.3. The van der Waals surface area contributed by atoms with E-state index in [9.17, 15) is 15.0 Å². The molecule has 1 amide bonds. The van der Waals surface area contributed by atoms with E-state index >= 15 is 0 Å². The van der Waals surface area contributed by atoms with Crippen molar-refractivity contribution in [3.8, 4) is 11.5 Å². The number of anilines is 1. The van der Waals surface area contributed by atoms with E-state index in [2.05, 4.69) is 27.1 Å². The van der Waals surface area contributed by atoms with Crippen molar-refractivity contribution < 1.29 is 15.0 Å². The molecule has 0 atom stereocenters. The normalized spacial score (nSPS) is 15.2. The van der Waals surface area contributed by atoms with Gasteiger partial charge in [0.05, 0.1) is 0 Å². The molecule has 0 saturated carbocycles. The van der Waals surface area contributed by atoms with Gasteiger partial charge in [-0.1, -0.05) is 12.1 Å². The molecular formula is C18H22N4O3. The van der Waals surface area contributed by atoms with Crippen molar-refractivity contribution >= 4 is 11.7 Å². The van der Waals surface area contributed by atoms with E-state index in [1.165, 1.54) is 18.2 Å². The molecule has 1 aliphatic rings. The molecule has 7 nitrogen and oxygen atoms in total. The van der Waals surface area contributed by atoms with Crippen LogP contribution in [0.5, 0.6) is 11.5 Å². The van der Waals surface area contributed by atoms with Gasteiger partial charge in [0.2, 0.25) is 0 Å². The predicted octanol–water partition coefficient (Wildman–Crippen LogP) is 1.17. The van der Waals surface area contributed by atoms with Crippen LogP contribution >= 0.6 is 0 Å². The smallest absolute Gasteiger partial charge is 0.259 e. The van der Waals surface area contributed by atoms with E-state index in [0.717, 1.165) is 37.6 Å². The average Bonchev–Trinajstić information content (AvgIpc) is 2.61. The van der Waals surface area contributed by atoms with Crippen molar-refractivity contribution in [2.45, 2.75) is 6.54 Å². The monoisotopic (exact) mass is 342 g/mol. The number of phenolic OH excluding ortho intramolecular Hbond substituents is 2. The molecule has 3 N–H and O–H groups in total. The van der Waals surface area contributed by atoms with Gasteiger partial charge >= 0.3 is 0 Å². The molecule has 2 aromatic rings.